The van der Waals surface area contributed by atoms with Gasteiger partial charge in [0.25, 0.3) is 0 Å². The van der Waals surface area contributed by atoms with Gasteiger partial charge in [-0.25, -0.2) is 4.79 Å². The van der Waals surface area contributed by atoms with Gasteiger partial charge in [0.05, 0.1) is 5.03 Å². The number of carbonyl (C=O) groups is 1. The average Bonchev–Trinajstić information content (AvgIpc) is 2.30. The zero-order valence-corrected chi connectivity index (χ0v) is 7.65. The Labute approximate surface area is 80.0 Å². The van der Waals surface area contributed by atoms with E-state index in [-0.39, 0.29) is 10.1 Å². The molecule has 3 nitrogen and oxygen atoms in total. The second kappa shape index (κ2) is 3.94. The van der Waals surface area contributed by atoms with Crippen LogP contribution in [0.1, 0.15) is 0 Å². The maximum atomic E-state index is 10.8. The quantitative estimate of drug-likeness (QED) is 0.561. The standard InChI is InChI=1S/C7H7Cl2NO2/c1-2-3-10-6-4(8)5(9)7(11)12-6/h2,6,10H,1,3H2. The average molecular weight is 208 g/mol. The second-order valence-electron chi connectivity index (χ2n) is 2.14. The van der Waals surface area contributed by atoms with E-state index >= 15 is 0 Å². The van der Waals surface area contributed by atoms with Crippen molar-refractivity contribution in [2.45, 2.75) is 6.23 Å². The van der Waals surface area contributed by atoms with Crippen LogP contribution in [0.5, 0.6) is 0 Å². The third-order valence-electron chi connectivity index (χ3n) is 1.29. The zero-order valence-electron chi connectivity index (χ0n) is 6.14. The summed E-state index contributed by atoms with van der Waals surface area (Å²) in [5.74, 6) is -0.594. The van der Waals surface area contributed by atoms with Gasteiger partial charge in [0, 0.05) is 6.54 Å². The van der Waals surface area contributed by atoms with Gasteiger partial charge in [0.15, 0.2) is 6.23 Å². The van der Waals surface area contributed by atoms with E-state index in [1.807, 2.05) is 0 Å². The highest BCUT2D eigenvalue weighted by atomic mass is 35.5. The van der Waals surface area contributed by atoms with Crippen molar-refractivity contribution in [3.63, 3.8) is 0 Å². The van der Waals surface area contributed by atoms with Crippen LogP contribution in [0.3, 0.4) is 0 Å². The number of cyclic esters (lactones) is 1. The summed E-state index contributed by atoms with van der Waals surface area (Å²) in [5.41, 5.74) is 0. The predicted octanol–water partition coefficient (Wildman–Crippen LogP) is 1.33. The van der Waals surface area contributed by atoms with Crippen LogP contribution in [-0.4, -0.2) is 18.7 Å². The molecule has 66 valence electrons. The van der Waals surface area contributed by atoms with Crippen LogP contribution in [0.15, 0.2) is 22.7 Å². The molecule has 1 unspecified atom stereocenters. The third kappa shape index (κ3) is 1.80. The van der Waals surface area contributed by atoms with E-state index in [1.54, 1.807) is 6.08 Å². The van der Waals surface area contributed by atoms with Gasteiger partial charge in [-0.05, 0) is 0 Å². The lowest BCUT2D eigenvalue weighted by atomic mass is 10.4. The number of ether oxygens (including phenoxy) is 1. The molecule has 1 aliphatic rings. The normalized spacial score (nSPS) is 22.8. The van der Waals surface area contributed by atoms with E-state index in [9.17, 15) is 4.79 Å². The highest BCUT2D eigenvalue weighted by Gasteiger charge is 2.31. The molecule has 1 rings (SSSR count). The summed E-state index contributed by atoms with van der Waals surface area (Å²) in [5, 5.41) is 2.95. The number of rotatable bonds is 3. The molecular formula is C7H7Cl2NO2. The van der Waals surface area contributed by atoms with Crippen LogP contribution in [0.2, 0.25) is 0 Å². The van der Waals surface area contributed by atoms with E-state index in [0.29, 0.717) is 6.54 Å². The van der Waals surface area contributed by atoms with Crippen molar-refractivity contribution in [1.82, 2.24) is 5.32 Å². The maximum Gasteiger partial charge on any atom is 0.353 e. The minimum atomic E-state index is -0.621. The van der Waals surface area contributed by atoms with Crippen molar-refractivity contribution in [3.05, 3.63) is 22.7 Å². The summed E-state index contributed by atoms with van der Waals surface area (Å²) >= 11 is 11.2. The molecule has 0 radical (unpaired) electrons. The van der Waals surface area contributed by atoms with Crippen LogP contribution < -0.4 is 5.32 Å². The van der Waals surface area contributed by atoms with Gasteiger partial charge in [0.2, 0.25) is 0 Å². The third-order valence-corrected chi connectivity index (χ3v) is 2.13. The fourth-order valence-electron chi connectivity index (χ4n) is 0.745. The smallest absolute Gasteiger partial charge is 0.353 e. The summed E-state index contributed by atoms with van der Waals surface area (Å²) in [6.07, 6.45) is 1.01. The Bertz CT molecular complexity index is 250. The van der Waals surface area contributed by atoms with Crippen LogP contribution in [0.4, 0.5) is 0 Å². The molecular weight excluding hydrogens is 201 g/mol. The van der Waals surface area contributed by atoms with E-state index < -0.39 is 12.2 Å². The van der Waals surface area contributed by atoms with Crippen molar-refractivity contribution in [2.24, 2.45) is 0 Å². The van der Waals surface area contributed by atoms with Crippen LogP contribution in [-0.2, 0) is 9.53 Å². The number of hydrogen-bond acceptors (Lipinski definition) is 3. The van der Waals surface area contributed by atoms with Gasteiger partial charge in [-0.1, -0.05) is 29.3 Å². The lowest BCUT2D eigenvalue weighted by Crippen LogP contribution is -2.30. The Hall–Kier alpha value is -0.510. The fraction of sp³-hybridized carbons (Fsp3) is 0.286. The minimum Gasteiger partial charge on any atom is -0.437 e. The van der Waals surface area contributed by atoms with Crippen LogP contribution in [0.25, 0.3) is 0 Å². The first-order valence-corrected chi connectivity index (χ1v) is 4.03. The summed E-state index contributed by atoms with van der Waals surface area (Å²) in [6.45, 7) is 3.99. The SMILES string of the molecule is C=CCNC1OC(=O)C(Cl)=C1Cl. The number of halogens is 2. The zero-order chi connectivity index (χ0) is 9.14. The predicted molar refractivity (Wildman–Crippen MR) is 46.8 cm³/mol. The van der Waals surface area contributed by atoms with Gasteiger partial charge in [-0.3, -0.25) is 5.32 Å². The van der Waals surface area contributed by atoms with Gasteiger partial charge >= 0.3 is 5.97 Å². The van der Waals surface area contributed by atoms with Crippen LogP contribution in [0, 0.1) is 0 Å². The molecule has 1 aliphatic heterocycles. The van der Waals surface area contributed by atoms with Gasteiger partial charge in [-0.15, -0.1) is 6.58 Å². The lowest BCUT2D eigenvalue weighted by Gasteiger charge is -2.09. The van der Waals surface area contributed by atoms with Gasteiger partial charge < -0.3 is 4.74 Å². The molecule has 0 bridgehead atoms. The topological polar surface area (TPSA) is 38.3 Å². The Morgan fingerprint density at radius 3 is 2.75 bits per heavy atom. The molecule has 0 saturated carbocycles. The molecule has 0 saturated heterocycles. The fourth-order valence-corrected chi connectivity index (χ4v) is 1.09. The van der Waals surface area contributed by atoms with E-state index in [2.05, 4.69) is 11.9 Å². The maximum absolute atomic E-state index is 10.8. The summed E-state index contributed by atoms with van der Waals surface area (Å²) in [4.78, 5) is 10.8. The van der Waals surface area contributed by atoms with E-state index in [1.165, 1.54) is 0 Å². The lowest BCUT2D eigenvalue weighted by molar-refractivity contribution is -0.140. The van der Waals surface area contributed by atoms with E-state index in [4.69, 9.17) is 27.9 Å². The van der Waals surface area contributed by atoms with Gasteiger partial charge in [-0.2, -0.15) is 0 Å². The highest BCUT2D eigenvalue weighted by Crippen LogP contribution is 2.26. The monoisotopic (exact) mass is 207 g/mol. The molecule has 1 atom stereocenters. The molecule has 5 heteroatoms. The molecule has 1 heterocycles. The molecule has 1 N–H and O–H groups in total. The van der Waals surface area contributed by atoms with Crippen molar-refractivity contribution in [2.75, 3.05) is 6.54 Å². The Morgan fingerprint density at radius 2 is 2.33 bits per heavy atom. The largest absolute Gasteiger partial charge is 0.437 e. The van der Waals surface area contributed by atoms with E-state index in [0.717, 1.165) is 0 Å². The minimum absolute atomic E-state index is 0.0572. The number of hydrogen-bond donors (Lipinski definition) is 1. The first kappa shape index (κ1) is 9.58. The van der Waals surface area contributed by atoms with Crippen molar-refractivity contribution in [1.29, 1.82) is 0 Å². The first-order chi connectivity index (χ1) is 5.66. The second-order valence-corrected chi connectivity index (χ2v) is 2.93. The molecule has 0 aromatic rings. The molecule has 0 aromatic carbocycles. The number of nitrogens with one attached hydrogen (secondary N) is 1. The highest BCUT2D eigenvalue weighted by molar-refractivity contribution is 6.48. The summed E-state index contributed by atoms with van der Waals surface area (Å²) in [6, 6.07) is 0. The summed E-state index contributed by atoms with van der Waals surface area (Å²) in [7, 11) is 0. The van der Waals surface area contributed by atoms with Crippen molar-refractivity contribution < 1.29 is 9.53 Å². The molecule has 0 spiro atoms. The van der Waals surface area contributed by atoms with Gasteiger partial charge in [0.1, 0.15) is 5.03 Å². The van der Waals surface area contributed by atoms with Crippen LogP contribution >= 0.6 is 23.2 Å². The Kier molecular flexibility index (Phi) is 3.14. The first-order valence-electron chi connectivity index (χ1n) is 3.27. The molecule has 0 aliphatic carbocycles. The molecule has 0 fully saturated rings. The van der Waals surface area contributed by atoms with Crippen molar-refractivity contribution in [3.8, 4) is 0 Å². The molecule has 0 aromatic heterocycles. The number of carbonyl (C=O) groups excluding carboxylic acids is 1. The summed E-state index contributed by atoms with van der Waals surface area (Å²) < 4.78 is 4.75. The molecule has 12 heavy (non-hydrogen) atoms. The molecule has 0 amide bonds. The Morgan fingerprint density at radius 1 is 1.67 bits per heavy atom. The Balaban J connectivity index is 2.60. The number of esters is 1. The van der Waals surface area contributed by atoms with Crippen molar-refractivity contribution >= 4 is 29.2 Å².